The van der Waals surface area contributed by atoms with E-state index in [1.807, 2.05) is 27.7 Å². The molecule has 2 bridgehead atoms. The summed E-state index contributed by atoms with van der Waals surface area (Å²) in [6.07, 6.45) is 4.25. The molecule has 4 aliphatic carbocycles. The SMILES string of the molecule is C=C1C[C@]23CC1C(=O)CC2C1C(=O)CC[C@@](C)(CN(CC)C(=O)OC(C)(C)C)[C@H]1C[C@@H]3C=O. The Morgan fingerprint density at radius 2 is 1.94 bits per heavy atom. The number of rotatable bonds is 4. The first-order valence-corrected chi connectivity index (χ1v) is 12.5. The van der Waals surface area contributed by atoms with Crippen molar-refractivity contribution in [2.45, 2.75) is 78.7 Å². The second-order valence-corrected chi connectivity index (χ2v) is 12.3. The van der Waals surface area contributed by atoms with Gasteiger partial charge in [0.25, 0.3) is 0 Å². The highest BCUT2D eigenvalue weighted by atomic mass is 16.6. The summed E-state index contributed by atoms with van der Waals surface area (Å²) in [5, 5.41) is 0. The van der Waals surface area contributed by atoms with Crippen LogP contribution in [0.25, 0.3) is 0 Å². The molecule has 7 atom stereocenters. The van der Waals surface area contributed by atoms with Crippen molar-refractivity contribution in [3.8, 4) is 0 Å². The van der Waals surface area contributed by atoms with E-state index in [0.29, 0.717) is 51.6 Å². The van der Waals surface area contributed by atoms with Crippen LogP contribution in [0.15, 0.2) is 12.2 Å². The smallest absolute Gasteiger partial charge is 0.410 e. The molecule has 3 unspecified atom stereocenters. The highest BCUT2D eigenvalue weighted by Gasteiger charge is 2.66. The average molecular weight is 458 g/mol. The average Bonchev–Trinajstić information content (AvgIpc) is 3.02. The van der Waals surface area contributed by atoms with Crippen LogP contribution in [-0.4, -0.2) is 47.5 Å². The Morgan fingerprint density at radius 3 is 2.55 bits per heavy atom. The molecule has 0 aromatic carbocycles. The normalized spacial score (nSPS) is 40.2. The Kier molecular flexibility index (Phi) is 5.90. The van der Waals surface area contributed by atoms with Gasteiger partial charge in [-0.25, -0.2) is 4.79 Å². The summed E-state index contributed by atoms with van der Waals surface area (Å²) in [5.74, 6) is -0.262. The lowest BCUT2D eigenvalue weighted by atomic mass is 9.43. The summed E-state index contributed by atoms with van der Waals surface area (Å²) in [4.78, 5) is 53.4. The zero-order valence-electron chi connectivity index (χ0n) is 20.8. The summed E-state index contributed by atoms with van der Waals surface area (Å²) in [7, 11) is 0. The van der Waals surface area contributed by atoms with E-state index in [1.165, 1.54) is 0 Å². The monoisotopic (exact) mass is 457 g/mol. The van der Waals surface area contributed by atoms with E-state index in [2.05, 4.69) is 13.5 Å². The summed E-state index contributed by atoms with van der Waals surface area (Å²) >= 11 is 0. The number of fused-ring (bicyclic) bond motifs is 3. The Bertz CT molecular complexity index is 887. The molecule has 1 amide bonds. The van der Waals surface area contributed by atoms with Crippen LogP contribution in [0.3, 0.4) is 0 Å². The van der Waals surface area contributed by atoms with Gasteiger partial charge in [-0.15, -0.1) is 0 Å². The number of ketones is 2. The van der Waals surface area contributed by atoms with E-state index in [9.17, 15) is 19.2 Å². The summed E-state index contributed by atoms with van der Waals surface area (Å²) in [6.45, 7) is 14.8. The number of aldehydes is 1. The fourth-order valence-electron chi connectivity index (χ4n) is 7.69. The number of hydrogen-bond donors (Lipinski definition) is 0. The van der Waals surface area contributed by atoms with Gasteiger partial charge in [-0.2, -0.15) is 0 Å². The van der Waals surface area contributed by atoms with Gasteiger partial charge in [-0.3, -0.25) is 9.59 Å². The third-order valence-corrected chi connectivity index (χ3v) is 9.25. The molecule has 0 aromatic rings. The van der Waals surface area contributed by atoms with Crippen LogP contribution in [0.4, 0.5) is 4.79 Å². The van der Waals surface area contributed by atoms with Crippen molar-refractivity contribution in [3.63, 3.8) is 0 Å². The highest BCUT2D eigenvalue weighted by molar-refractivity contribution is 5.89. The van der Waals surface area contributed by atoms with Crippen molar-refractivity contribution < 1.29 is 23.9 Å². The molecule has 4 aliphatic rings. The van der Waals surface area contributed by atoms with E-state index >= 15 is 0 Å². The Hall–Kier alpha value is -1.98. The predicted molar refractivity (Wildman–Crippen MR) is 124 cm³/mol. The van der Waals surface area contributed by atoms with Crippen LogP contribution < -0.4 is 0 Å². The molecule has 33 heavy (non-hydrogen) atoms. The van der Waals surface area contributed by atoms with Crippen LogP contribution in [0.1, 0.15) is 73.1 Å². The van der Waals surface area contributed by atoms with Crippen LogP contribution in [0, 0.1) is 40.4 Å². The Morgan fingerprint density at radius 1 is 1.24 bits per heavy atom. The van der Waals surface area contributed by atoms with Gasteiger partial charge in [0.1, 0.15) is 23.5 Å². The number of carbonyl (C=O) groups excluding carboxylic acids is 4. The topological polar surface area (TPSA) is 80.8 Å². The van der Waals surface area contributed by atoms with Crippen LogP contribution in [0.2, 0.25) is 0 Å². The minimum atomic E-state index is -0.583. The van der Waals surface area contributed by atoms with E-state index < -0.39 is 5.60 Å². The molecule has 6 heteroatoms. The summed E-state index contributed by atoms with van der Waals surface area (Å²) in [5.41, 5.74) is -0.257. The third-order valence-electron chi connectivity index (χ3n) is 9.25. The van der Waals surface area contributed by atoms with Crippen molar-refractivity contribution in [1.82, 2.24) is 4.90 Å². The van der Waals surface area contributed by atoms with E-state index in [-0.39, 0.29) is 58.1 Å². The quantitative estimate of drug-likeness (QED) is 0.455. The van der Waals surface area contributed by atoms with Gasteiger partial charge in [-0.05, 0) is 76.0 Å². The lowest BCUT2D eigenvalue weighted by Crippen LogP contribution is -2.60. The first kappa shape index (κ1) is 24.2. The lowest BCUT2D eigenvalue weighted by Gasteiger charge is -2.59. The largest absolute Gasteiger partial charge is 0.444 e. The fourth-order valence-corrected chi connectivity index (χ4v) is 7.69. The Balaban J connectivity index is 1.67. The fraction of sp³-hybridized carbons (Fsp3) is 0.778. The molecule has 1 spiro atoms. The Labute approximate surface area is 197 Å². The van der Waals surface area contributed by atoms with E-state index in [0.717, 1.165) is 11.9 Å². The molecule has 6 nitrogen and oxygen atoms in total. The third kappa shape index (κ3) is 3.87. The molecule has 182 valence electrons. The zero-order chi connectivity index (χ0) is 24.3. The van der Waals surface area contributed by atoms with Gasteiger partial charge in [0.2, 0.25) is 0 Å². The van der Waals surface area contributed by atoms with Gasteiger partial charge in [-0.1, -0.05) is 19.1 Å². The number of nitrogens with zero attached hydrogens (tertiary/aromatic N) is 1. The summed E-state index contributed by atoms with van der Waals surface area (Å²) in [6, 6.07) is 0. The molecule has 0 N–H and O–H groups in total. The molecule has 4 fully saturated rings. The van der Waals surface area contributed by atoms with Crippen molar-refractivity contribution in [1.29, 1.82) is 0 Å². The maximum atomic E-state index is 13.4. The molecule has 0 aromatic heterocycles. The van der Waals surface area contributed by atoms with Crippen LogP contribution >= 0.6 is 0 Å². The standard InChI is InChI=1S/C27H39NO5/c1-7-28(24(32)33-25(3,4)5)15-26(6)9-8-21(30)23-19(26)10-17(14-29)27-12-16(2)18(13-27)22(31)11-20(23)27/h14,17-20,23H,2,7-13,15H2,1,3-6H3/t17-,18?,19+,20?,23?,26+,27-/m1/s1. The number of amides is 1. The molecule has 0 heterocycles. The molecule has 0 saturated heterocycles. The maximum Gasteiger partial charge on any atom is 0.410 e. The second-order valence-electron chi connectivity index (χ2n) is 12.3. The van der Waals surface area contributed by atoms with Gasteiger partial charge in [0.05, 0.1) is 0 Å². The number of carbonyl (C=O) groups is 4. The number of allylic oxidation sites excluding steroid dienone is 1. The summed E-state index contributed by atoms with van der Waals surface area (Å²) < 4.78 is 5.64. The zero-order valence-corrected chi connectivity index (χ0v) is 20.8. The van der Waals surface area contributed by atoms with Gasteiger partial charge < -0.3 is 14.4 Å². The van der Waals surface area contributed by atoms with Crippen LogP contribution in [0.5, 0.6) is 0 Å². The minimum Gasteiger partial charge on any atom is -0.444 e. The van der Waals surface area contributed by atoms with Crippen molar-refractivity contribution >= 4 is 23.9 Å². The van der Waals surface area contributed by atoms with Crippen LogP contribution in [-0.2, 0) is 19.1 Å². The predicted octanol–water partition coefficient (Wildman–Crippen LogP) is 4.61. The van der Waals surface area contributed by atoms with E-state index in [1.54, 1.807) is 4.90 Å². The molecule has 4 rings (SSSR count). The molecular formula is C27H39NO5. The number of Topliss-reactive ketones (excluding diaryl/α,β-unsaturated/α-hetero) is 2. The number of hydrogen-bond acceptors (Lipinski definition) is 5. The molecular weight excluding hydrogens is 418 g/mol. The second kappa shape index (κ2) is 8.06. The highest BCUT2D eigenvalue weighted by Crippen LogP contribution is 2.68. The van der Waals surface area contributed by atoms with Gasteiger partial charge in [0, 0.05) is 43.7 Å². The molecule has 0 radical (unpaired) electrons. The minimum absolute atomic E-state index is 0.0284. The molecule has 4 saturated carbocycles. The lowest BCUT2D eigenvalue weighted by molar-refractivity contribution is -0.164. The van der Waals surface area contributed by atoms with Crippen molar-refractivity contribution in [3.05, 3.63) is 12.2 Å². The first-order chi connectivity index (χ1) is 15.3. The number of ether oxygens (including phenoxy) is 1. The maximum absolute atomic E-state index is 13.4. The van der Waals surface area contributed by atoms with Crippen molar-refractivity contribution in [2.24, 2.45) is 40.4 Å². The first-order valence-electron chi connectivity index (χ1n) is 12.5. The van der Waals surface area contributed by atoms with Gasteiger partial charge in [0.15, 0.2) is 0 Å². The molecule has 0 aliphatic heterocycles. The van der Waals surface area contributed by atoms with Gasteiger partial charge >= 0.3 is 6.09 Å². The van der Waals surface area contributed by atoms with Crippen molar-refractivity contribution in [2.75, 3.05) is 13.1 Å². The van der Waals surface area contributed by atoms with E-state index in [4.69, 9.17) is 4.74 Å².